The summed E-state index contributed by atoms with van der Waals surface area (Å²) in [4.78, 5) is 23.2. The summed E-state index contributed by atoms with van der Waals surface area (Å²) in [6.45, 7) is 0.601. The standard InChI is InChI=1S/C15H16F3NO4/c16-15(17,18)11-4-2-1-3-9(11)7-12(14(21)22)19-13(20)10-5-6-23-8-10/h1-4,10,12H,5-8H2,(H,19,20)(H,21,22)/t10-,12+/m1/s1. The maximum absolute atomic E-state index is 13.0. The first-order valence-electron chi connectivity index (χ1n) is 7.05. The van der Waals surface area contributed by atoms with Crippen molar-refractivity contribution in [1.82, 2.24) is 5.32 Å². The lowest BCUT2D eigenvalue weighted by atomic mass is 9.99. The molecule has 0 saturated carbocycles. The summed E-state index contributed by atoms with van der Waals surface area (Å²) in [5.74, 6) is -2.36. The van der Waals surface area contributed by atoms with Gasteiger partial charge in [-0.05, 0) is 18.1 Å². The summed E-state index contributed by atoms with van der Waals surface area (Å²) in [7, 11) is 0. The number of ether oxygens (including phenoxy) is 1. The number of carboxylic acid groups (broad SMARTS) is 1. The number of aliphatic carboxylic acids is 1. The van der Waals surface area contributed by atoms with E-state index in [-0.39, 0.29) is 12.2 Å². The van der Waals surface area contributed by atoms with Gasteiger partial charge in [0.15, 0.2) is 0 Å². The maximum atomic E-state index is 13.0. The van der Waals surface area contributed by atoms with E-state index >= 15 is 0 Å². The number of halogens is 3. The predicted molar refractivity (Wildman–Crippen MR) is 73.6 cm³/mol. The number of rotatable bonds is 5. The number of hydrogen-bond donors (Lipinski definition) is 2. The second kappa shape index (κ2) is 6.99. The molecule has 0 unspecified atom stereocenters. The first-order valence-corrected chi connectivity index (χ1v) is 7.05. The fraction of sp³-hybridized carbons (Fsp3) is 0.467. The molecule has 0 bridgehead atoms. The molecule has 1 aliphatic heterocycles. The van der Waals surface area contributed by atoms with Crippen LogP contribution < -0.4 is 5.32 Å². The fourth-order valence-corrected chi connectivity index (χ4v) is 2.43. The summed E-state index contributed by atoms with van der Waals surface area (Å²) in [5.41, 5.74) is -1.07. The van der Waals surface area contributed by atoms with E-state index in [2.05, 4.69) is 5.32 Å². The van der Waals surface area contributed by atoms with E-state index in [4.69, 9.17) is 4.74 Å². The second-order valence-electron chi connectivity index (χ2n) is 5.32. The van der Waals surface area contributed by atoms with Crippen LogP contribution in [0.2, 0.25) is 0 Å². The maximum Gasteiger partial charge on any atom is 0.416 e. The normalized spacial score (nSPS) is 19.3. The Kier molecular flexibility index (Phi) is 5.25. The van der Waals surface area contributed by atoms with Crippen molar-refractivity contribution in [3.05, 3.63) is 35.4 Å². The lowest BCUT2D eigenvalue weighted by Gasteiger charge is -2.19. The zero-order valence-corrected chi connectivity index (χ0v) is 12.1. The molecule has 1 amide bonds. The number of nitrogens with one attached hydrogen (secondary N) is 1. The van der Waals surface area contributed by atoms with Gasteiger partial charge in [-0.15, -0.1) is 0 Å². The van der Waals surface area contributed by atoms with Crippen molar-refractivity contribution >= 4 is 11.9 Å². The highest BCUT2D eigenvalue weighted by Crippen LogP contribution is 2.32. The van der Waals surface area contributed by atoms with Crippen molar-refractivity contribution in [1.29, 1.82) is 0 Å². The Morgan fingerprint density at radius 1 is 1.35 bits per heavy atom. The monoisotopic (exact) mass is 331 g/mol. The fourth-order valence-electron chi connectivity index (χ4n) is 2.43. The largest absolute Gasteiger partial charge is 0.480 e. The van der Waals surface area contributed by atoms with Crippen molar-refractivity contribution in [2.24, 2.45) is 5.92 Å². The molecule has 8 heteroatoms. The predicted octanol–water partition coefficient (Wildman–Crippen LogP) is 1.85. The van der Waals surface area contributed by atoms with Gasteiger partial charge in [0, 0.05) is 13.0 Å². The van der Waals surface area contributed by atoms with E-state index in [1.807, 2.05) is 0 Å². The molecule has 2 N–H and O–H groups in total. The van der Waals surface area contributed by atoms with Crippen LogP contribution in [0, 0.1) is 5.92 Å². The topological polar surface area (TPSA) is 75.6 Å². The molecule has 0 radical (unpaired) electrons. The number of hydrogen-bond acceptors (Lipinski definition) is 3. The summed E-state index contributed by atoms with van der Waals surface area (Å²) < 4.78 is 43.9. The number of amides is 1. The third kappa shape index (κ3) is 4.44. The smallest absolute Gasteiger partial charge is 0.416 e. The van der Waals surface area contributed by atoms with Gasteiger partial charge in [-0.3, -0.25) is 4.79 Å². The van der Waals surface area contributed by atoms with Gasteiger partial charge >= 0.3 is 12.1 Å². The van der Waals surface area contributed by atoms with Crippen molar-refractivity contribution in [2.75, 3.05) is 13.2 Å². The molecule has 5 nitrogen and oxygen atoms in total. The van der Waals surface area contributed by atoms with Gasteiger partial charge in [0.2, 0.25) is 5.91 Å². The highest BCUT2D eigenvalue weighted by Gasteiger charge is 2.35. The van der Waals surface area contributed by atoms with Gasteiger partial charge in [-0.1, -0.05) is 18.2 Å². The van der Waals surface area contributed by atoms with Gasteiger partial charge in [-0.25, -0.2) is 4.79 Å². The van der Waals surface area contributed by atoms with Crippen LogP contribution in [0.1, 0.15) is 17.5 Å². The van der Waals surface area contributed by atoms with Gasteiger partial charge in [-0.2, -0.15) is 13.2 Å². The van der Waals surface area contributed by atoms with Crippen molar-refractivity contribution in [3.63, 3.8) is 0 Å². The zero-order chi connectivity index (χ0) is 17.0. The molecule has 1 heterocycles. The van der Waals surface area contributed by atoms with Gasteiger partial charge in [0.05, 0.1) is 18.1 Å². The average molecular weight is 331 g/mol. The Morgan fingerprint density at radius 2 is 2.04 bits per heavy atom. The first-order chi connectivity index (χ1) is 10.8. The van der Waals surface area contributed by atoms with Crippen LogP contribution in [0.4, 0.5) is 13.2 Å². The van der Waals surface area contributed by atoms with Crippen LogP contribution in [0.25, 0.3) is 0 Å². The summed E-state index contributed by atoms with van der Waals surface area (Å²) in [6.07, 6.45) is -4.55. The van der Waals surface area contributed by atoms with E-state index < -0.39 is 42.0 Å². The first kappa shape index (κ1) is 17.3. The minimum Gasteiger partial charge on any atom is -0.480 e. The Bertz CT molecular complexity index is 582. The van der Waals surface area contributed by atoms with E-state index in [1.165, 1.54) is 18.2 Å². The summed E-state index contributed by atoms with van der Waals surface area (Å²) in [5, 5.41) is 11.5. The Balaban J connectivity index is 2.14. The molecule has 2 atom stereocenters. The van der Waals surface area contributed by atoms with E-state index in [9.17, 15) is 27.9 Å². The molecule has 0 aliphatic carbocycles. The second-order valence-corrected chi connectivity index (χ2v) is 5.32. The third-order valence-electron chi connectivity index (χ3n) is 3.66. The van der Waals surface area contributed by atoms with Crippen LogP contribution in [-0.4, -0.2) is 36.2 Å². The molecule has 0 aromatic heterocycles. The van der Waals surface area contributed by atoms with Crippen LogP contribution >= 0.6 is 0 Å². The summed E-state index contributed by atoms with van der Waals surface area (Å²) >= 11 is 0. The van der Waals surface area contributed by atoms with Crippen LogP contribution in [-0.2, 0) is 26.9 Å². The minimum atomic E-state index is -4.58. The van der Waals surface area contributed by atoms with Crippen LogP contribution in [0.5, 0.6) is 0 Å². The lowest BCUT2D eigenvalue weighted by Crippen LogP contribution is -2.45. The number of benzene rings is 1. The Hall–Kier alpha value is -2.09. The summed E-state index contributed by atoms with van der Waals surface area (Å²) in [6, 6.07) is 3.31. The molecule has 1 aromatic carbocycles. The molecule has 1 fully saturated rings. The molecule has 2 rings (SSSR count). The third-order valence-corrected chi connectivity index (χ3v) is 3.66. The van der Waals surface area contributed by atoms with Crippen molar-refractivity contribution < 1.29 is 32.6 Å². The Labute approximate surface area is 130 Å². The van der Waals surface area contributed by atoms with Gasteiger partial charge in [0.25, 0.3) is 0 Å². The number of carboxylic acids is 1. The SMILES string of the molecule is O=C(N[C@@H](Cc1ccccc1C(F)(F)F)C(=O)O)[C@@H]1CCOC1. The number of alkyl halides is 3. The molecule has 126 valence electrons. The highest BCUT2D eigenvalue weighted by atomic mass is 19.4. The molecular formula is C15H16F3NO4. The average Bonchev–Trinajstić information content (AvgIpc) is 3.00. The number of carbonyl (C=O) groups is 2. The van der Waals surface area contributed by atoms with Crippen molar-refractivity contribution in [2.45, 2.75) is 25.1 Å². The molecule has 23 heavy (non-hydrogen) atoms. The van der Waals surface area contributed by atoms with E-state index in [0.29, 0.717) is 13.0 Å². The number of carbonyl (C=O) groups excluding carboxylic acids is 1. The minimum absolute atomic E-state index is 0.171. The van der Waals surface area contributed by atoms with Gasteiger partial charge < -0.3 is 15.2 Å². The van der Waals surface area contributed by atoms with E-state index in [1.54, 1.807) is 0 Å². The molecule has 0 spiro atoms. The Morgan fingerprint density at radius 3 is 2.61 bits per heavy atom. The lowest BCUT2D eigenvalue weighted by molar-refractivity contribution is -0.143. The van der Waals surface area contributed by atoms with Gasteiger partial charge in [0.1, 0.15) is 6.04 Å². The van der Waals surface area contributed by atoms with E-state index in [0.717, 1.165) is 6.07 Å². The molecular weight excluding hydrogens is 315 g/mol. The zero-order valence-electron chi connectivity index (χ0n) is 12.1. The van der Waals surface area contributed by atoms with Crippen molar-refractivity contribution in [3.8, 4) is 0 Å². The highest BCUT2D eigenvalue weighted by molar-refractivity contribution is 5.85. The quantitative estimate of drug-likeness (QED) is 0.863. The van der Waals surface area contributed by atoms with Crippen LogP contribution in [0.3, 0.4) is 0 Å². The molecule has 1 saturated heterocycles. The van der Waals surface area contributed by atoms with Crippen LogP contribution in [0.15, 0.2) is 24.3 Å². The molecule has 1 aromatic rings. The molecule has 1 aliphatic rings.